The molecule has 0 radical (unpaired) electrons. The van der Waals surface area contributed by atoms with Crippen molar-refractivity contribution in [1.82, 2.24) is 5.32 Å². The van der Waals surface area contributed by atoms with Crippen LogP contribution in [-0.2, 0) is 6.54 Å². The largest absolute Gasteiger partial charge is 0.310 e. The summed E-state index contributed by atoms with van der Waals surface area (Å²) in [5.74, 6) is 1.25. The first-order chi connectivity index (χ1) is 8.29. The number of unbranched alkanes of at least 4 members (excludes halogenated alkanes) is 1. The minimum absolute atomic E-state index is 0.799. The van der Waals surface area contributed by atoms with E-state index in [1.807, 2.05) is 11.8 Å². The summed E-state index contributed by atoms with van der Waals surface area (Å²) in [6, 6.07) is 7.70. The lowest BCUT2D eigenvalue weighted by molar-refractivity contribution is 0.685. The van der Waals surface area contributed by atoms with Crippen LogP contribution < -0.4 is 5.32 Å². The fourth-order valence-electron chi connectivity index (χ4n) is 1.83. The predicted molar refractivity (Wildman–Crippen MR) is 76.7 cm³/mol. The lowest BCUT2D eigenvalue weighted by Crippen LogP contribution is -2.15. The molecule has 1 fully saturated rings. The first-order valence-electron chi connectivity index (χ1n) is 6.75. The summed E-state index contributed by atoms with van der Waals surface area (Å²) in [5, 5.41) is 3.58. The van der Waals surface area contributed by atoms with Gasteiger partial charge in [-0.15, -0.1) is 11.8 Å². The van der Waals surface area contributed by atoms with Crippen LogP contribution in [0, 0.1) is 6.92 Å². The van der Waals surface area contributed by atoms with Gasteiger partial charge in [-0.3, -0.25) is 0 Å². The molecule has 1 N–H and O–H groups in total. The normalized spacial score (nSPS) is 15.2. The molecule has 1 aromatic rings. The molecule has 17 heavy (non-hydrogen) atoms. The average molecular weight is 249 g/mol. The number of hydrogen-bond donors (Lipinski definition) is 1. The van der Waals surface area contributed by atoms with Gasteiger partial charge in [0.05, 0.1) is 0 Å². The van der Waals surface area contributed by atoms with Crippen LogP contribution in [0.3, 0.4) is 0 Å². The number of rotatable bonds is 7. The summed E-state index contributed by atoms with van der Waals surface area (Å²) >= 11 is 1.98. The van der Waals surface area contributed by atoms with Gasteiger partial charge in [-0.1, -0.05) is 19.4 Å². The number of benzene rings is 1. The molecule has 0 amide bonds. The molecular formula is C15H23NS. The van der Waals surface area contributed by atoms with E-state index in [4.69, 9.17) is 0 Å². The Morgan fingerprint density at radius 3 is 2.82 bits per heavy atom. The Morgan fingerprint density at radius 2 is 2.18 bits per heavy atom. The topological polar surface area (TPSA) is 12.0 Å². The summed E-state index contributed by atoms with van der Waals surface area (Å²) in [7, 11) is 0. The lowest BCUT2D eigenvalue weighted by Gasteiger charge is -2.09. The maximum Gasteiger partial charge on any atom is 0.0210 e. The van der Waals surface area contributed by atoms with Crippen LogP contribution in [0.2, 0.25) is 0 Å². The molecule has 0 atom stereocenters. The van der Waals surface area contributed by atoms with Crippen molar-refractivity contribution in [3.63, 3.8) is 0 Å². The summed E-state index contributed by atoms with van der Waals surface area (Å²) in [6.07, 6.45) is 5.33. The highest BCUT2D eigenvalue weighted by Gasteiger charge is 2.20. The fourth-order valence-corrected chi connectivity index (χ4v) is 2.93. The third-order valence-electron chi connectivity index (χ3n) is 3.24. The monoisotopic (exact) mass is 249 g/mol. The molecule has 2 rings (SSSR count). The van der Waals surface area contributed by atoms with Crippen molar-refractivity contribution in [2.24, 2.45) is 0 Å². The third kappa shape index (κ3) is 4.36. The van der Waals surface area contributed by atoms with Crippen molar-refractivity contribution in [3.05, 3.63) is 29.3 Å². The van der Waals surface area contributed by atoms with Crippen LogP contribution in [0.25, 0.3) is 0 Å². The van der Waals surface area contributed by atoms with Gasteiger partial charge in [0.15, 0.2) is 0 Å². The second-order valence-electron chi connectivity index (χ2n) is 4.95. The second kappa shape index (κ2) is 6.46. The Hall–Kier alpha value is -0.470. The summed E-state index contributed by atoms with van der Waals surface area (Å²) in [6.45, 7) is 5.52. The molecule has 1 saturated carbocycles. The van der Waals surface area contributed by atoms with Crippen molar-refractivity contribution < 1.29 is 0 Å². The van der Waals surface area contributed by atoms with Crippen molar-refractivity contribution in [2.45, 2.75) is 57.0 Å². The molecule has 0 aromatic heterocycles. The summed E-state index contributed by atoms with van der Waals surface area (Å²) < 4.78 is 0. The van der Waals surface area contributed by atoms with E-state index in [2.05, 4.69) is 37.4 Å². The van der Waals surface area contributed by atoms with Crippen molar-refractivity contribution in [1.29, 1.82) is 0 Å². The van der Waals surface area contributed by atoms with E-state index in [-0.39, 0.29) is 0 Å². The maximum atomic E-state index is 3.58. The van der Waals surface area contributed by atoms with E-state index >= 15 is 0 Å². The fraction of sp³-hybridized carbons (Fsp3) is 0.600. The minimum Gasteiger partial charge on any atom is -0.310 e. The van der Waals surface area contributed by atoms with Gasteiger partial charge in [0, 0.05) is 17.5 Å². The SMILES string of the molecule is CCCCSc1ccc(CNC2CC2)c(C)c1. The molecule has 1 aliphatic rings. The molecule has 1 aromatic carbocycles. The summed E-state index contributed by atoms with van der Waals surface area (Å²) in [5.41, 5.74) is 2.89. The first kappa shape index (κ1) is 13.0. The minimum atomic E-state index is 0.799. The molecule has 0 aliphatic heterocycles. The molecule has 2 heteroatoms. The Morgan fingerprint density at radius 1 is 1.35 bits per heavy atom. The van der Waals surface area contributed by atoms with Crippen LogP contribution in [0.15, 0.2) is 23.1 Å². The Labute approximate surface area is 109 Å². The van der Waals surface area contributed by atoms with Crippen LogP contribution in [-0.4, -0.2) is 11.8 Å². The van der Waals surface area contributed by atoms with Gasteiger partial charge >= 0.3 is 0 Å². The second-order valence-corrected chi connectivity index (χ2v) is 6.11. The zero-order valence-electron chi connectivity index (χ0n) is 11.0. The third-order valence-corrected chi connectivity index (χ3v) is 4.32. The first-order valence-corrected chi connectivity index (χ1v) is 7.74. The molecule has 0 spiro atoms. The van der Waals surface area contributed by atoms with Gasteiger partial charge in [-0.05, 0) is 55.2 Å². The van der Waals surface area contributed by atoms with E-state index in [9.17, 15) is 0 Å². The van der Waals surface area contributed by atoms with E-state index in [1.54, 1.807) is 0 Å². The Bertz CT molecular complexity index is 358. The van der Waals surface area contributed by atoms with E-state index in [0.29, 0.717) is 0 Å². The predicted octanol–water partition coefficient (Wildman–Crippen LogP) is 4.14. The molecule has 0 heterocycles. The standard InChI is InChI=1S/C15H23NS/c1-3-4-9-17-15-8-5-13(12(2)10-15)11-16-14-6-7-14/h5,8,10,14,16H,3-4,6-7,9,11H2,1-2H3. The van der Waals surface area contributed by atoms with Crippen molar-refractivity contribution in [3.8, 4) is 0 Å². The highest BCUT2D eigenvalue weighted by molar-refractivity contribution is 7.99. The van der Waals surface area contributed by atoms with Gasteiger partial charge in [-0.25, -0.2) is 0 Å². The molecule has 94 valence electrons. The molecular weight excluding hydrogens is 226 g/mol. The van der Waals surface area contributed by atoms with Crippen LogP contribution in [0.4, 0.5) is 0 Å². The lowest BCUT2D eigenvalue weighted by atomic mass is 10.1. The number of hydrogen-bond acceptors (Lipinski definition) is 2. The van der Waals surface area contributed by atoms with Gasteiger partial charge < -0.3 is 5.32 Å². The van der Waals surface area contributed by atoms with E-state index in [1.165, 1.54) is 47.5 Å². The van der Waals surface area contributed by atoms with E-state index < -0.39 is 0 Å². The molecule has 0 bridgehead atoms. The van der Waals surface area contributed by atoms with Gasteiger partial charge in [-0.2, -0.15) is 0 Å². The maximum absolute atomic E-state index is 3.58. The Balaban J connectivity index is 1.85. The molecule has 0 saturated heterocycles. The zero-order chi connectivity index (χ0) is 12.1. The molecule has 0 unspecified atom stereocenters. The van der Waals surface area contributed by atoms with Gasteiger partial charge in [0.2, 0.25) is 0 Å². The number of aryl methyl sites for hydroxylation is 1. The van der Waals surface area contributed by atoms with E-state index in [0.717, 1.165) is 12.6 Å². The highest BCUT2D eigenvalue weighted by atomic mass is 32.2. The highest BCUT2D eigenvalue weighted by Crippen LogP contribution is 2.24. The average Bonchev–Trinajstić information content (AvgIpc) is 3.12. The number of nitrogens with one attached hydrogen (secondary N) is 1. The molecule has 1 nitrogen and oxygen atoms in total. The van der Waals surface area contributed by atoms with Gasteiger partial charge in [0.1, 0.15) is 0 Å². The van der Waals surface area contributed by atoms with Gasteiger partial charge in [0.25, 0.3) is 0 Å². The van der Waals surface area contributed by atoms with Crippen LogP contribution in [0.5, 0.6) is 0 Å². The molecule has 1 aliphatic carbocycles. The van der Waals surface area contributed by atoms with Crippen LogP contribution in [0.1, 0.15) is 43.7 Å². The zero-order valence-corrected chi connectivity index (χ0v) is 11.8. The van der Waals surface area contributed by atoms with Crippen molar-refractivity contribution in [2.75, 3.05) is 5.75 Å². The Kier molecular flexibility index (Phi) is 4.93. The number of thioether (sulfide) groups is 1. The smallest absolute Gasteiger partial charge is 0.0210 e. The quantitative estimate of drug-likeness (QED) is 0.576. The summed E-state index contributed by atoms with van der Waals surface area (Å²) in [4.78, 5) is 1.42. The van der Waals surface area contributed by atoms with Crippen LogP contribution >= 0.6 is 11.8 Å². The van der Waals surface area contributed by atoms with Crippen molar-refractivity contribution >= 4 is 11.8 Å².